The lowest BCUT2D eigenvalue weighted by Gasteiger charge is -2.24. The van der Waals surface area contributed by atoms with Crippen molar-refractivity contribution in [3.8, 4) is 0 Å². The molecular weight excluding hydrogens is 256 g/mol. The van der Waals surface area contributed by atoms with Crippen LogP contribution < -0.4 is 4.90 Å². The molecule has 1 unspecified atom stereocenters. The summed E-state index contributed by atoms with van der Waals surface area (Å²) in [6.07, 6.45) is 3.54. The first-order chi connectivity index (χ1) is 9.25. The van der Waals surface area contributed by atoms with Crippen molar-refractivity contribution < 1.29 is 4.79 Å². The Labute approximate surface area is 116 Å². The van der Waals surface area contributed by atoms with Gasteiger partial charge in [-0.25, -0.2) is 0 Å². The summed E-state index contributed by atoms with van der Waals surface area (Å²) in [6, 6.07) is 12.0. The molecule has 1 aliphatic heterocycles. The van der Waals surface area contributed by atoms with Gasteiger partial charge in [0.05, 0.1) is 5.75 Å². The molecule has 1 amide bonds. The highest BCUT2D eigenvalue weighted by Crippen LogP contribution is 2.41. The van der Waals surface area contributed by atoms with Gasteiger partial charge in [-0.05, 0) is 42.3 Å². The number of amides is 1. The van der Waals surface area contributed by atoms with E-state index in [1.54, 1.807) is 24.2 Å². The molecule has 1 atom stereocenters. The highest BCUT2D eigenvalue weighted by atomic mass is 32.2. The summed E-state index contributed by atoms with van der Waals surface area (Å²) in [5.41, 5.74) is 3.25. The van der Waals surface area contributed by atoms with Crippen LogP contribution in [0.15, 0.2) is 48.8 Å². The van der Waals surface area contributed by atoms with Gasteiger partial charge in [0.1, 0.15) is 5.37 Å². The topological polar surface area (TPSA) is 33.2 Å². The van der Waals surface area contributed by atoms with Crippen molar-refractivity contribution >= 4 is 23.4 Å². The lowest BCUT2D eigenvalue weighted by atomic mass is 10.2. The van der Waals surface area contributed by atoms with Crippen molar-refractivity contribution in [3.05, 3.63) is 59.9 Å². The number of hydrogen-bond donors (Lipinski definition) is 0. The van der Waals surface area contributed by atoms with E-state index in [4.69, 9.17) is 0 Å². The van der Waals surface area contributed by atoms with E-state index in [-0.39, 0.29) is 11.3 Å². The van der Waals surface area contributed by atoms with Crippen LogP contribution in [0.2, 0.25) is 0 Å². The first-order valence-electron chi connectivity index (χ1n) is 6.16. The van der Waals surface area contributed by atoms with Gasteiger partial charge in [-0.2, -0.15) is 0 Å². The molecule has 0 aliphatic carbocycles. The van der Waals surface area contributed by atoms with Crippen molar-refractivity contribution in [2.75, 3.05) is 10.7 Å². The van der Waals surface area contributed by atoms with Crippen LogP contribution in [0.5, 0.6) is 0 Å². The molecule has 1 fully saturated rings. The number of nitrogens with zero attached hydrogens (tertiary/aromatic N) is 2. The number of aryl methyl sites for hydroxylation is 1. The normalized spacial score (nSPS) is 18.9. The maximum absolute atomic E-state index is 12.2. The van der Waals surface area contributed by atoms with E-state index < -0.39 is 0 Å². The number of rotatable bonds is 2. The number of anilines is 1. The summed E-state index contributed by atoms with van der Waals surface area (Å²) >= 11 is 1.66. The van der Waals surface area contributed by atoms with Gasteiger partial charge in [-0.3, -0.25) is 14.7 Å². The second kappa shape index (κ2) is 5.05. The predicted octanol–water partition coefficient (Wildman–Crippen LogP) is 3.17. The molecule has 19 heavy (non-hydrogen) atoms. The number of thioether (sulfide) groups is 1. The van der Waals surface area contributed by atoms with E-state index in [2.05, 4.69) is 11.1 Å². The zero-order valence-corrected chi connectivity index (χ0v) is 11.4. The van der Waals surface area contributed by atoms with Crippen molar-refractivity contribution in [2.45, 2.75) is 12.3 Å². The van der Waals surface area contributed by atoms with Gasteiger partial charge in [0.15, 0.2) is 0 Å². The fourth-order valence-electron chi connectivity index (χ4n) is 2.26. The van der Waals surface area contributed by atoms with E-state index in [0.717, 1.165) is 16.8 Å². The van der Waals surface area contributed by atoms with Crippen LogP contribution in [0.4, 0.5) is 5.69 Å². The Bertz CT molecular complexity index is 600. The molecule has 1 aromatic carbocycles. The molecule has 0 radical (unpaired) electrons. The Morgan fingerprint density at radius 3 is 2.79 bits per heavy atom. The van der Waals surface area contributed by atoms with Gasteiger partial charge in [0.2, 0.25) is 5.91 Å². The second-order valence-electron chi connectivity index (χ2n) is 4.55. The van der Waals surface area contributed by atoms with Crippen LogP contribution in [-0.4, -0.2) is 16.6 Å². The van der Waals surface area contributed by atoms with E-state index in [9.17, 15) is 4.79 Å². The number of carbonyl (C=O) groups excluding carboxylic acids is 1. The number of pyridine rings is 1. The second-order valence-corrected chi connectivity index (χ2v) is 5.62. The van der Waals surface area contributed by atoms with Crippen molar-refractivity contribution in [1.29, 1.82) is 0 Å². The molecule has 0 bridgehead atoms. The Kier molecular flexibility index (Phi) is 3.25. The van der Waals surface area contributed by atoms with Crippen LogP contribution in [0.25, 0.3) is 0 Å². The number of benzene rings is 1. The minimum atomic E-state index is 0.0531. The molecule has 3 nitrogen and oxygen atoms in total. The summed E-state index contributed by atoms with van der Waals surface area (Å²) in [5, 5.41) is 0.0531. The summed E-state index contributed by atoms with van der Waals surface area (Å²) in [6.45, 7) is 2.04. The third-order valence-corrected chi connectivity index (χ3v) is 4.35. The third-order valence-electron chi connectivity index (χ3n) is 3.14. The van der Waals surface area contributed by atoms with Crippen molar-refractivity contribution in [1.82, 2.24) is 4.98 Å². The fraction of sp³-hybridized carbons (Fsp3) is 0.200. The SMILES string of the molecule is Cc1cccc(N2C(=O)CSC2c2ccncc2)c1. The third kappa shape index (κ3) is 2.36. The maximum Gasteiger partial charge on any atom is 0.238 e. The van der Waals surface area contributed by atoms with E-state index in [1.165, 1.54) is 0 Å². The maximum atomic E-state index is 12.2. The molecular formula is C15H14N2OS. The van der Waals surface area contributed by atoms with Gasteiger partial charge < -0.3 is 0 Å². The summed E-state index contributed by atoms with van der Waals surface area (Å²) in [4.78, 5) is 18.1. The Balaban J connectivity index is 2.00. The zero-order chi connectivity index (χ0) is 13.2. The van der Waals surface area contributed by atoms with Gasteiger partial charge in [0, 0.05) is 18.1 Å². The lowest BCUT2D eigenvalue weighted by Crippen LogP contribution is -2.27. The Hall–Kier alpha value is -1.81. The molecule has 3 rings (SSSR count). The highest BCUT2D eigenvalue weighted by Gasteiger charge is 2.33. The van der Waals surface area contributed by atoms with Crippen LogP contribution in [0, 0.1) is 6.92 Å². The first kappa shape index (κ1) is 12.2. The number of aromatic nitrogens is 1. The van der Waals surface area contributed by atoms with Crippen LogP contribution in [0.1, 0.15) is 16.5 Å². The molecule has 96 valence electrons. The molecule has 4 heteroatoms. The van der Waals surface area contributed by atoms with Crippen molar-refractivity contribution in [2.24, 2.45) is 0 Å². The van der Waals surface area contributed by atoms with E-state index >= 15 is 0 Å². The number of carbonyl (C=O) groups is 1. The molecule has 0 saturated carbocycles. The average Bonchev–Trinajstić information content (AvgIpc) is 2.82. The van der Waals surface area contributed by atoms with Crippen molar-refractivity contribution in [3.63, 3.8) is 0 Å². The quantitative estimate of drug-likeness (QED) is 0.840. The van der Waals surface area contributed by atoms with Crippen LogP contribution in [0.3, 0.4) is 0 Å². The predicted molar refractivity (Wildman–Crippen MR) is 78.1 cm³/mol. The first-order valence-corrected chi connectivity index (χ1v) is 7.21. The summed E-state index contributed by atoms with van der Waals surface area (Å²) in [7, 11) is 0. The van der Waals surface area contributed by atoms with Gasteiger partial charge >= 0.3 is 0 Å². The zero-order valence-electron chi connectivity index (χ0n) is 10.6. The van der Waals surface area contributed by atoms with Crippen LogP contribution in [-0.2, 0) is 4.79 Å². The monoisotopic (exact) mass is 270 g/mol. The minimum absolute atomic E-state index is 0.0531. The van der Waals surface area contributed by atoms with Gasteiger partial charge in [-0.15, -0.1) is 11.8 Å². The average molecular weight is 270 g/mol. The fourth-order valence-corrected chi connectivity index (χ4v) is 3.43. The Morgan fingerprint density at radius 2 is 2.05 bits per heavy atom. The minimum Gasteiger partial charge on any atom is -0.295 e. The molecule has 2 aromatic rings. The largest absolute Gasteiger partial charge is 0.295 e. The van der Waals surface area contributed by atoms with E-state index in [0.29, 0.717) is 5.75 Å². The van der Waals surface area contributed by atoms with Gasteiger partial charge in [0.25, 0.3) is 0 Å². The summed E-state index contributed by atoms with van der Waals surface area (Å²) in [5.74, 6) is 0.693. The molecule has 1 saturated heterocycles. The Morgan fingerprint density at radius 1 is 1.26 bits per heavy atom. The molecule has 1 aromatic heterocycles. The summed E-state index contributed by atoms with van der Waals surface area (Å²) < 4.78 is 0. The molecule has 0 N–H and O–H groups in total. The van der Waals surface area contributed by atoms with Crippen LogP contribution >= 0.6 is 11.8 Å². The van der Waals surface area contributed by atoms with Gasteiger partial charge in [-0.1, -0.05) is 12.1 Å². The smallest absolute Gasteiger partial charge is 0.238 e. The highest BCUT2D eigenvalue weighted by molar-refractivity contribution is 8.00. The molecule has 1 aliphatic rings. The molecule has 2 heterocycles. The lowest BCUT2D eigenvalue weighted by molar-refractivity contribution is -0.115. The van der Waals surface area contributed by atoms with E-state index in [1.807, 2.05) is 42.2 Å². The standard InChI is InChI=1S/C15H14N2OS/c1-11-3-2-4-13(9-11)17-14(18)10-19-15(17)12-5-7-16-8-6-12/h2-9,15H,10H2,1H3. The number of hydrogen-bond acceptors (Lipinski definition) is 3. The molecule has 0 spiro atoms.